The maximum atomic E-state index is 9.67. The summed E-state index contributed by atoms with van der Waals surface area (Å²) in [6.07, 6.45) is 1.85. The summed E-state index contributed by atoms with van der Waals surface area (Å²) in [5.41, 5.74) is 2.67. The highest BCUT2D eigenvalue weighted by Crippen LogP contribution is 2.19. The van der Waals surface area contributed by atoms with E-state index in [1.807, 2.05) is 32.0 Å². The molecule has 0 saturated carbocycles. The van der Waals surface area contributed by atoms with Crippen LogP contribution in [-0.4, -0.2) is 20.1 Å². The summed E-state index contributed by atoms with van der Waals surface area (Å²) >= 11 is 3.45. The number of nitrogens with zero attached hydrogens (tertiary/aromatic N) is 3. The van der Waals surface area contributed by atoms with E-state index in [2.05, 4.69) is 26.2 Å². The first kappa shape index (κ1) is 12.3. The molecule has 2 rings (SSSR count). The average molecular weight is 296 g/mol. The SMILES string of the molecule is CCC(O)c1cn(-c2cc(C)cc(Br)c2)nn1. The zero-order valence-electron chi connectivity index (χ0n) is 9.76. The molecule has 5 heteroatoms. The van der Waals surface area contributed by atoms with Crippen molar-refractivity contribution in [2.75, 3.05) is 0 Å². The topological polar surface area (TPSA) is 50.9 Å². The predicted octanol–water partition coefficient (Wildman–Crippen LogP) is 2.78. The van der Waals surface area contributed by atoms with Crippen molar-refractivity contribution in [2.24, 2.45) is 0 Å². The number of rotatable bonds is 3. The van der Waals surface area contributed by atoms with Gasteiger partial charge >= 0.3 is 0 Å². The Morgan fingerprint density at radius 1 is 1.41 bits per heavy atom. The molecule has 0 fully saturated rings. The van der Waals surface area contributed by atoms with Crippen molar-refractivity contribution in [3.63, 3.8) is 0 Å². The molecule has 0 radical (unpaired) electrons. The van der Waals surface area contributed by atoms with Gasteiger partial charge in [0.2, 0.25) is 0 Å². The molecule has 90 valence electrons. The molecular weight excluding hydrogens is 282 g/mol. The fourth-order valence-electron chi connectivity index (χ4n) is 1.61. The van der Waals surface area contributed by atoms with Crippen LogP contribution < -0.4 is 0 Å². The number of aliphatic hydroxyl groups excluding tert-OH is 1. The Labute approximate surface area is 108 Å². The second kappa shape index (κ2) is 4.98. The Bertz CT molecular complexity index is 504. The van der Waals surface area contributed by atoms with E-state index in [9.17, 15) is 5.11 Å². The van der Waals surface area contributed by atoms with Gasteiger partial charge < -0.3 is 5.11 Å². The molecule has 0 aliphatic carbocycles. The molecule has 0 saturated heterocycles. The highest BCUT2D eigenvalue weighted by Gasteiger charge is 2.10. The van der Waals surface area contributed by atoms with Crippen LogP contribution in [0, 0.1) is 6.92 Å². The summed E-state index contributed by atoms with van der Waals surface area (Å²) < 4.78 is 2.67. The maximum Gasteiger partial charge on any atom is 0.112 e. The summed E-state index contributed by atoms with van der Waals surface area (Å²) in [6.45, 7) is 3.93. The van der Waals surface area contributed by atoms with Gasteiger partial charge in [-0.2, -0.15) is 0 Å². The van der Waals surface area contributed by atoms with Crippen molar-refractivity contribution in [1.82, 2.24) is 15.0 Å². The highest BCUT2D eigenvalue weighted by molar-refractivity contribution is 9.10. The van der Waals surface area contributed by atoms with Gasteiger partial charge in [0.05, 0.1) is 18.0 Å². The van der Waals surface area contributed by atoms with Gasteiger partial charge in [-0.25, -0.2) is 4.68 Å². The lowest BCUT2D eigenvalue weighted by atomic mass is 10.2. The number of aromatic nitrogens is 3. The van der Waals surface area contributed by atoms with Gasteiger partial charge in [0.1, 0.15) is 5.69 Å². The third-order valence-corrected chi connectivity index (χ3v) is 2.99. The number of benzene rings is 1. The Morgan fingerprint density at radius 3 is 2.82 bits per heavy atom. The van der Waals surface area contributed by atoms with Crippen LogP contribution in [0.25, 0.3) is 5.69 Å². The van der Waals surface area contributed by atoms with E-state index in [4.69, 9.17) is 0 Å². The number of hydrogen-bond donors (Lipinski definition) is 1. The number of aryl methyl sites for hydroxylation is 1. The zero-order chi connectivity index (χ0) is 12.4. The van der Waals surface area contributed by atoms with Crippen LogP contribution >= 0.6 is 15.9 Å². The molecule has 0 amide bonds. The summed E-state index contributed by atoms with van der Waals surface area (Å²) in [4.78, 5) is 0. The van der Waals surface area contributed by atoms with Gasteiger partial charge in [0, 0.05) is 4.47 Å². The largest absolute Gasteiger partial charge is 0.387 e. The molecule has 1 aromatic carbocycles. The number of aliphatic hydroxyl groups is 1. The Morgan fingerprint density at radius 2 is 2.18 bits per heavy atom. The zero-order valence-corrected chi connectivity index (χ0v) is 11.3. The number of halogens is 1. The van der Waals surface area contributed by atoms with Crippen molar-refractivity contribution in [3.05, 3.63) is 40.1 Å². The quantitative estimate of drug-likeness (QED) is 0.947. The maximum absolute atomic E-state index is 9.67. The molecule has 0 spiro atoms. The van der Waals surface area contributed by atoms with E-state index in [-0.39, 0.29) is 0 Å². The standard InChI is InChI=1S/C12H14BrN3O/c1-3-12(17)11-7-16(15-14-11)10-5-8(2)4-9(13)6-10/h4-7,12,17H,3H2,1-2H3. The summed E-state index contributed by atoms with van der Waals surface area (Å²) in [5.74, 6) is 0. The van der Waals surface area contributed by atoms with Gasteiger partial charge in [0.25, 0.3) is 0 Å². The van der Waals surface area contributed by atoms with Crippen LogP contribution in [0.1, 0.15) is 30.7 Å². The second-order valence-electron chi connectivity index (χ2n) is 4.00. The normalized spacial score (nSPS) is 12.7. The van der Waals surface area contributed by atoms with E-state index < -0.39 is 6.10 Å². The molecule has 1 heterocycles. The third-order valence-electron chi connectivity index (χ3n) is 2.53. The summed E-state index contributed by atoms with van der Waals surface area (Å²) in [7, 11) is 0. The summed E-state index contributed by atoms with van der Waals surface area (Å²) in [6, 6.07) is 6.01. The molecule has 17 heavy (non-hydrogen) atoms. The van der Waals surface area contributed by atoms with Crippen LogP contribution in [0.15, 0.2) is 28.9 Å². The van der Waals surface area contributed by atoms with Gasteiger partial charge in [-0.1, -0.05) is 28.1 Å². The van der Waals surface area contributed by atoms with Gasteiger partial charge in [-0.15, -0.1) is 5.10 Å². The molecule has 1 aromatic heterocycles. The molecule has 1 unspecified atom stereocenters. The molecule has 0 aliphatic rings. The summed E-state index contributed by atoms with van der Waals surface area (Å²) in [5, 5.41) is 17.7. The average Bonchev–Trinajstić information content (AvgIpc) is 2.76. The molecule has 0 bridgehead atoms. The van der Waals surface area contributed by atoms with E-state index in [0.717, 1.165) is 15.7 Å². The highest BCUT2D eigenvalue weighted by atomic mass is 79.9. The predicted molar refractivity (Wildman–Crippen MR) is 69.0 cm³/mol. The van der Waals surface area contributed by atoms with E-state index in [0.29, 0.717) is 12.1 Å². The van der Waals surface area contributed by atoms with Crippen molar-refractivity contribution in [2.45, 2.75) is 26.4 Å². The fraction of sp³-hybridized carbons (Fsp3) is 0.333. The van der Waals surface area contributed by atoms with Gasteiger partial charge in [-0.05, 0) is 37.1 Å². The molecule has 2 aromatic rings. The van der Waals surface area contributed by atoms with Crippen LogP contribution in [0.3, 0.4) is 0 Å². The molecule has 1 atom stereocenters. The molecule has 0 aliphatic heterocycles. The van der Waals surface area contributed by atoms with Crippen LogP contribution in [0.4, 0.5) is 0 Å². The first-order valence-electron chi connectivity index (χ1n) is 5.48. The van der Waals surface area contributed by atoms with E-state index >= 15 is 0 Å². The van der Waals surface area contributed by atoms with Crippen molar-refractivity contribution < 1.29 is 5.11 Å². The lowest BCUT2D eigenvalue weighted by molar-refractivity contribution is 0.169. The van der Waals surface area contributed by atoms with Crippen LogP contribution in [0.5, 0.6) is 0 Å². The molecular formula is C12H14BrN3O. The monoisotopic (exact) mass is 295 g/mol. The first-order valence-corrected chi connectivity index (χ1v) is 6.27. The van der Waals surface area contributed by atoms with Crippen molar-refractivity contribution in [1.29, 1.82) is 0 Å². The second-order valence-corrected chi connectivity index (χ2v) is 4.91. The van der Waals surface area contributed by atoms with Crippen molar-refractivity contribution in [3.8, 4) is 5.69 Å². The Balaban J connectivity index is 2.36. The van der Waals surface area contributed by atoms with Crippen LogP contribution in [-0.2, 0) is 0 Å². The molecule has 4 nitrogen and oxygen atoms in total. The van der Waals surface area contributed by atoms with Gasteiger partial charge in [-0.3, -0.25) is 0 Å². The minimum absolute atomic E-state index is 0.544. The number of hydrogen-bond acceptors (Lipinski definition) is 3. The Hall–Kier alpha value is -1.20. The lowest BCUT2D eigenvalue weighted by Crippen LogP contribution is -1.96. The lowest BCUT2D eigenvalue weighted by Gasteiger charge is -2.03. The molecule has 1 N–H and O–H groups in total. The van der Waals surface area contributed by atoms with E-state index in [1.54, 1.807) is 10.9 Å². The Kier molecular flexibility index (Phi) is 3.59. The minimum atomic E-state index is -0.544. The minimum Gasteiger partial charge on any atom is -0.387 e. The smallest absolute Gasteiger partial charge is 0.112 e. The van der Waals surface area contributed by atoms with Crippen LogP contribution in [0.2, 0.25) is 0 Å². The van der Waals surface area contributed by atoms with Gasteiger partial charge in [0.15, 0.2) is 0 Å². The van der Waals surface area contributed by atoms with E-state index in [1.165, 1.54) is 0 Å². The van der Waals surface area contributed by atoms with Crippen molar-refractivity contribution >= 4 is 15.9 Å². The third kappa shape index (κ3) is 2.73. The first-order chi connectivity index (χ1) is 8.10. The fourth-order valence-corrected chi connectivity index (χ4v) is 2.21.